The van der Waals surface area contributed by atoms with Crippen LogP contribution in [0.2, 0.25) is 0 Å². The number of aromatic nitrogens is 1. The van der Waals surface area contributed by atoms with Crippen LogP contribution in [0.3, 0.4) is 0 Å². The minimum absolute atomic E-state index is 0.0680. The van der Waals surface area contributed by atoms with Crippen LogP contribution in [0.15, 0.2) is 29.2 Å². The Morgan fingerprint density at radius 1 is 1.37 bits per heavy atom. The number of aryl methyl sites for hydroxylation is 2. The second-order valence-corrected chi connectivity index (χ2v) is 6.43. The third-order valence-electron chi connectivity index (χ3n) is 2.69. The maximum absolute atomic E-state index is 10.7. The summed E-state index contributed by atoms with van der Waals surface area (Å²) >= 11 is 3.24. The number of nitrogens with zero attached hydrogens (tertiary/aromatic N) is 1. The van der Waals surface area contributed by atoms with E-state index in [4.69, 9.17) is 5.11 Å². The van der Waals surface area contributed by atoms with Gasteiger partial charge in [0, 0.05) is 9.77 Å². The van der Waals surface area contributed by atoms with Crippen LogP contribution in [-0.2, 0) is 17.0 Å². The molecule has 100 valence electrons. The Bertz CT molecular complexity index is 593. The number of rotatable bonds is 5. The van der Waals surface area contributed by atoms with E-state index in [1.807, 2.05) is 19.1 Å². The standard InChI is InChI=1S/C14H15NO2S2/c1-9-5-3-4-6-11(9)18-8-13-15-10(2)12(19-13)7-14(16)17/h3-6H,7-8H2,1-2H3,(H,16,17). The van der Waals surface area contributed by atoms with Gasteiger partial charge in [-0.3, -0.25) is 4.79 Å². The molecule has 0 fully saturated rings. The van der Waals surface area contributed by atoms with Gasteiger partial charge in [-0.05, 0) is 25.5 Å². The predicted octanol–water partition coefficient (Wildman–Crippen LogP) is 3.68. The highest BCUT2D eigenvalue weighted by Crippen LogP contribution is 2.28. The first-order chi connectivity index (χ1) is 9.06. The van der Waals surface area contributed by atoms with E-state index in [0.29, 0.717) is 0 Å². The molecular formula is C14H15NO2S2. The Morgan fingerprint density at radius 2 is 2.11 bits per heavy atom. The Balaban J connectivity index is 2.04. The molecule has 0 atom stereocenters. The van der Waals surface area contributed by atoms with Crippen LogP contribution in [0, 0.1) is 13.8 Å². The van der Waals surface area contributed by atoms with E-state index >= 15 is 0 Å². The first-order valence-electron chi connectivity index (χ1n) is 5.91. The number of thioether (sulfide) groups is 1. The average Bonchev–Trinajstić information content (AvgIpc) is 2.68. The lowest BCUT2D eigenvalue weighted by molar-refractivity contribution is -0.136. The monoisotopic (exact) mass is 293 g/mol. The van der Waals surface area contributed by atoms with Crippen molar-refractivity contribution >= 4 is 29.1 Å². The molecule has 0 radical (unpaired) electrons. The topological polar surface area (TPSA) is 50.2 Å². The summed E-state index contributed by atoms with van der Waals surface area (Å²) in [6.45, 7) is 3.96. The number of hydrogen-bond acceptors (Lipinski definition) is 4. The summed E-state index contributed by atoms with van der Waals surface area (Å²) in [4.78, 5) is 17.3. The van der Waals surface area contributed by atoms with Crippen LogP contribution >= 0.6 is 23.1 Å². The molecule has 1 aromatic carbocycles. The van der Waals surface area contributed by atoms with Crippen LogP contribution in [0.4, 0.5) is 0 Å². The molecule has 0 aliphatic heterocycles. The number of carboxylic acid groups (broad SMARTS) is 1. The average molecular weight is 293 g/mol. The second kappa shape index (κ2) is 6.21. The van der Waals surface area contributed by atoms with Crippen LogP contribution in [0.25, 0.3) is 0 Å². The van der Waals surface area contributed by atoms with Gasteiger partial charge in [-0.15, -0.1) is 23.1 Å². The van der Waals surface area contributed by atoms with Crippen molar-refractivity contribution in [1.82, 2.24) is 4.98 Å². The largest absolute Gasteiger partial charge is 0.481 e. The zero-order chi connectivity index (χ0) is 13.8. The summed E-state index contributed by atoms with van der Waals surface area (Å²) < 4.78 is 0. The maximum Gasteiger partial charge on any atom is 0.308 e. The molecule has 0 aliphatic carbocycles. The molecule has 5 heteroatoms. The van der Waals surface area contributed by atoms with Gasteiger partial charge in [-0.25, -0.2) is 4.98 Å². The van der Waals surface area contributed by atoms with Crippen molar-refractivity contribution in [2.45, 2.75) is 30.9 Å². The molecule has 0 saturated heterocycles. The van der Waals surface area contributed by atoms with Crippen molar-refractivity contribution in [2.75, 3.05) is 0 Å². The fourth-order valence-corrected chi connectivity index (χ4v) is 3.79. The molecule has 0 aliphatic rings. The number of benzene rings is 1. The second-order valence-electron chi connectivity index (χ2n) is 4.24. The quantitative estimate of drug-likeness (QED) is 0.854. The van der Waals surface area contributed by atoms with E-state index in [0.717, 1.165) is 21.3 Å². The summed E-state index contributed by atoms with van der Waals surface area (Å²) in [6, 6.07) is 8.24. The molecule has 1 aromatic heterocycles. The number of thiazole rings is 1. The minimum Gasteiger partial charge on any atom is -0.481 e. The highest BCUT2D eigenvalue weighted by atomic mass is 32.2. The lowest BCUT2D eigenvalue weighted by Gasteiger charge is -2.02. The molecule has 3 nitrogen and oxygen atoms in total. The van der Waals surface area contributed by atoms with E-state index in [9.17, 15) is 4.79 Å². The Kier molecular flexibility index (Phi) is 4.61. The summed E-state index contributed by atoms with van der Waals surface area (Å²) in [6.07, 6.45) is 0.0680. The summed E-state index contributed by atoms with van der Waals surface area (Å²) in [5.74, 6) is -0.0134. The minimum atomic E-state index is -0.801. The van der Waals surface area contributed by atoms with E-state index in [1.54, 1.807) is 11.8 Å². The third kappa shape index (κ3) is 3.81. The SMILES string of the molecule is Cc1ccccc1SCc1nc(C)c(CC(=O)O)s1. The molecule has 0 amide bonds. The van der Waals surface area contributed by atoms with Crippen LogP contribution < -0.4 is 0 Å². The molecule has 0 bridgehead atoms. The number of carboxylic acids is 1. The fraction of sp³-hybridized carbons (Fsp3) is 0.286. The smallest absolute Gasteiger partial charge is 0.308 e. The van der Waals surface area contributed by atoms with Gasteiger partial charge >= 0.3 is 5.97 Å². The van der Waals surface area contributed by atoms with E-state index < -0.39 is 5.97 Å². The van der Waals surface area contributed by atoms with Crippen molar-refractivity contribution in [3.05, 3.63) is 45.4 Å². The normalized spacial score (nSPS) is 10.6. The Hall–Kier alpha value is -1.33. The fourth-order valence-electron chi connectivity index (χ4n) is 1.71. The van der Waals surface area contributed by atoms with Crippen molar-refractivity contribution in [1.29, 1.82) is 0 Å². The summed E-state index contributed by atoms with van der Waals surface area (Å²) in [5, 5.41) is 9.81. The zero-order valence-corrected chi connectivity index (χ0v) is 12.5. The molecule has 1 heterocycles. The first kappa shape index (κ1) is 14.1. The molecule has 19 heavy (non-hydrogen) atoms. The van der Waals surface area contributed by atoms with Crippen molar-refractivity contribution in [3.63, 3.8) is 0 Å². The van der Waals surface area contributed by atoms with Crippen LogP contribution in [-0.4, -0.2) is 16.1 Å². The maximum atomic E-state index is 10.7. The van der Waals surface area contributed by atoms with Gasteiger partial charge in [0.15, 0.2) is 0 Å². The Labute approximate surface area is 120 Å². The first-order valence-corrected chi connectivity index (χ1v) is 7.72. The highest BCUT2D eigenvalue weighted by molar-refractivity contribution is 7.98. The molecule has 2 rings (SSSR count). The number of carbonyl (C=O) groups is 1. The molecular weight excluding hydrogens is 278 g/mol. The lowest BCUT2D eigenvalue weighted by atomic mass is 10.2. The third-order valence-corrected chi connectivity index (χ3v) is 5.22. The van der Waals surface area contributed by atoms with Crippen molar-refractivity contribution < 1.29 is 9.90 Å². The molecule has 0 unspecified atom stereocenters. The molecule has 0 saturated carbocycles. The van der Waals surface area contributed by atoms with Gasteiger partial charge < -0.3 is 5.11 Å². The van der Waals surface area contributed by atoms with Gasteiger partial charge in [0.1, 0.15) is 5.01 Å². The van der Waals surface area contributed by atoms with Crippen molar-refractivity contribution in [3.8, 4) is 0 Å². The van der Waals surface area contributed by atoms with Gasteiger partial charge in [-0.2, -0.15) is 0 Å². The highest BCUT2D eigenvalue weighted by Gasteiger charge is 2.11. The van der Waals surface area contributed by atoms with Gasteiger partial charge in [0.25, 0.3) is 0 Å². The van der Waals surface area contributed by atoms with Gasteiger partial charge in [0.2, 0.25) is 0 Å². The van der Waals surface area contributed by atoms with E-state index in [1.165, 1.54) is 21.8 Å². The number of aliphatic carboxylic acids is 1. The summed E-state index contributed by atoms with van der Waals surface area (Å²) in [7, 11) is 0. The van der Waals surface area contributed by atoms with Gasteiger partial charge in [-0.1, -0.05) is 18.2 Å². The summed E-state index contributed by atoms with van der Waals surface area (Å²) in [5.41, 5.74) is 2.10. The lowest BCUT2D eigenvalue weighted by Crippen LogP contribution is -1.99. The van der Waals surface area contributed by atoms with Crippen LogP contribution in [0.1, 0.15) is 21.1 Å². The van der Waals surface area contributed by atoms with Gasteiger partial charge in [0.05, 0.1) is 17.9 Å². The zero-order valence-electron chi connectivity index (χ0n) is 10.8. The van der Waals surface area contributed by atoms with Crippen LogP contribution in [0.5, 0.6) is 0 Å². The predicted molar refractivity (Wildman–Crippen MR) is 78.9 cm³/mol. The van der Waals surface area contributed by atoms with E-state index in [-0.39, 0.29) is 6.42 Å². The molecule has 2 aromatic rings. The molecule has 0 spiro atoms. The van der Waals surface area contributed by atoms with Crippen molar-refractivity contribution in [2.24, 2.45) is 0 Å². The van der Waals surface area contributed by atoms with E-state index in [2.05, 4.69) is 24.0 Å². The number of hydrogen-bond donors (Lipinski definition) is 1. The Morgan fingerprint density at radius 3 is 2.79 bits per heavy atom. The molecule has 1 N–H and O–H groups in total.